The van der Waals surface area contributed by atoms with Crippen molar-refractivity contribution in [3.05, 3.63) is 59.9 Å². The summed E-state index contributed by atoms with van der Waals surface area (Å²) >= 11 is 0. The lowest BCUT2D eigenvalue weighted by atomic mass is 10.0. The monoisotopic (exact) mass is 309 g/mol. The zero-order chi connectivity index (χ0) is 15.6. The highest BCUT2D eigenvalue weighted by Crippen LogP contribution is 2.33. The molecule has 0 radical (unpaired) electrons. The number of rotatable bonds is 3. The van der Waals surface area contributed by atoms with Gasteiger partial charge in [0.25, 0.3) is 5.91 Å². The summed E-state index contributed by atoms with van der Waals surface area (Å²) in [5.74, 6) is 0.0329. The molecule has 2 aliphatic heterocycles. The van der Waals surface area contributed by atoms with Gasteiger partial charge in [0.05, 0.1) is 17.4 Å². The van der Waals surface area contributed by atoms with Gasteiger partial charge in [0.2, 0.25) is 0 Å². The Bertz CT molecular complexity index is 698. The van der Waals surface area contributed by atoms with E-state index in [1.54, 1.807) is 6.20 Å². The summed E-state index contributed by atoms with van der Waals surface area (Å²) in [5, 5.41) is 3.45. The highest BCUT2D eigenvalue weighted by Gasteiger charge is 2.35. The molecule has 0 unspecified atom stereocenters. The fraction of sp³-hybridized carbons (Fsp3) is 0.333. The number of hydrogen-bond donors (Lipinski definition) is 1. The Labute approximate surface area is 135 Å². The fourth-order valence-electron chi connectivity index (χ4n) is 3.26. The zero-order valence-electron chi connectivity index (χ0n) is 12.8. The van der Waals surface area contributed by atoms with Crippen LogP contribution < -0.4 is 5.32 Å². The maximum Gasteiger partial charge on any atom is 0.257 e. The number of carbonyl (C=O) groups excluding carboxylic acids is 1. The van der Waals surface area contributed by atoms with Crippen LogP contribution in [-0.4, -0.2) is 35.0 Å². The van der Waals surface area contributed by atoms with Crippen LogP contribution in [0.15, 0.2) is 48.7 Å². The van der Waals surface area contributed by atoms with Crippen molar-refractivity contribution in [3.8, 4) is 0 Å². The first-order chi connectivity index (χ1) is 11.3. The molecule has 3 heterocycles. The summed E-state index contributed by atoms with van der Waals surface area (Å²) in [5.41, 5.74) is 2.41. The van der Waals surface area contributed by atoms with Crippen LogP contribution in [0.3, 0.4) is 0 Å². The van der Waals surface area contributed by atoms with Crippen molar-refractivity contribution < 1.29 is 9.53 Å². The number of carbonyl (C=O) groups is 1. The van der Waals surface area contributed by atoms with E-state index in [1.165, 1.54) is 0 Å². The minimum Gasteiger partial charge on any atom is -0.376 e. The van der Waals surface area contributed by atoms with E-state index in [4.69, 9.17) is 4.74 Å². The molecule has 5 nitrogen and oxygen atoms in total. The molecule has 0 aliphatic carbocycles. The number of nitrogens with one attached hydrogen (secondary N) is 1. The predicted molar refractivity (Wildman–Crippen MR) is 87.1 cm³/mol. The number of ether oxygens (including phenoxy) is 1. The molecule has 2 aromatic rings. The van der Waals surface area contributed by atoms with Gasteiger partial charge in [-0.2, -0.15) is 0 Å². The second-order valence-electron chi connectivity index (χ2n) is 5.94. The van der Waals surface area contributed by atoms with Gasteiger partial charge >= 0.3 is 0 Å². The number of nitrogens with zero attached hydrogens (tertiary/aromatic N) is 2. The maximum absolute atomic E-state index is 13.0. The fourth-order valence-corrected chi connectivity index (χ4v) is 3.26. The van der Waals surface area contributed by atoms with Gasteiger partial charge < -0.3 is 15.0 Å². The van der Waals surface area contributed by atoms with Gasteiger partial charge in [-0.05, 0) is 37.1 Å². The molecule has 1 amide bonds. The molecule has 0 bridgehead atoms. The molecule has 118 valence electrons. The van der Waals surface area contributed by atoms with Crippen LogP contribution in [0.2, 0.25) is 0 Å². The second-order valence-corrected chi connectivity index (χ2v) is 5.94. The number of amides is 1. The van der Waals surface area contributed by atoms with Crippen molar-refractivity contribution in [3.63, 3.8) is 0 Å². The van der Waals surface area contributed by atoms with Crippen LogP contribution in [0.1, 0.15) is 35.1 Å². The lowest BCUT2D eigenvalue weighted by Gasteiger charge is -2.38. The number of para-hydroxylation sites is 1. The molecule has 5 heteroatoms. The Kier molecular flexibility index (Phi) is 3.71. The Morgan fingerprint density at radius 3 is 2.87 bits per heavy atom. The molecular weight excluding hydrogens is 290 g/mol. The van der Waals surface area contributed by atoms with E-state index in [9.17, 15) is 4.79 Å². The van der Waals surface area contributed by atoms with Gasteiger partial charge in [0, 0.05) is 25.0 Å². The minimum atomic E-state index is -0.261. The number of aromatic nitrogens is 1. The topological polar surface area (TPSA) is 54.5 Å². The molecule has 2 aliphatic rings. The molecule has 4 rings (SSSR count). The van der Waals surface area contributed by atoms with E-state index in [0.29, 0.717) is 12.1 Å². The molecule has 1 aromatic carbocycles. The quantitative estimate of drug-likeness (QED) is 0.947. The van der Waals surface area contributed by atoms with E-state index in [0.717, 1.165) is 30.8 Å². The molecule has 1 fully saturated rings. The van der Waals surface area contributed by atoms with Crippen LogP contribution in [0.5, 0.6) is 0 Å². The first kappa shape index (κ1) is 14.2. The number of fused-ring (bicyclic) bond motifs is 1. The van der Waals surface area contributed by atoms with Gasteiger partial charge in [0.1, 0.15) is 6.17 Å². The minimum absolute atomic E-state index is 0.0329. The molecular formula is C18H19N3O2. The van der Waals surface area contributed by atoms with Crippen molar-refractivity contribution in [1.82, 2.24) is 9.88 Å². The highest BCUT2D eigenvalue weighted by atomic mass is 16.5. The van der Waals surface area contributed by atoms with E-state index in [-0.39, 0.29) is 18.2 Å². The van der Waals surface area contributed by atoms with Gasteiger partial charge in [0.15, 0.2) is 0 Å². The van der Waals surface area contributed by atoms with Gasteiger partial charge in [-0.3, -0.25) is 9.78 Å². The van der Waals surface area contributed by atoms with Crippen molar-refractivity contribution in [2.24, 2.45) is 0 Å². The van der Waals surface area contributed by atoms with Gasteiger partial charge in [-0.15, -0.1) is 0 Å². The Morgan fingerprint density at radius 1 is 1.22 bits per heavy atom. The third-order valence-corrected chi connectivity index (χ3v) is 4.41. The lowest BCUT2D eigenvalue weighted by Crippen LogP contribution is -2.46. The largest absolute Gasteiger partial charge is 0.376 e. The smallest absolute Gasteiger partial charge is 0.257 e. The summed E-state index contributed by atoms with van der Waals surface area (Å²) in [6.45, 7) is 1.37. The molecule has 1 aromatic heterocycles. The summed E-state index contributed by atoms with van der Waals surface area (Å²) in [7, 11) is 0. The average molecular weight is 309 g/mol. The number of hydrogen-bond acceptors (Lipinski definition) is 4. The van der Waals surface area contributed by atoms with Crippen molar-refractivity contribution in [1.29, 1.82) is 0 Å². The molecule has 1 saturated heterocycles. The average Bonchev–Trinajstić information content (AvgIpc) is 3.11. The standard InChI is InChI=1S/C18H19N3O2/c22-18-14-7-1-2-8-15(14)20-17(16-9-3-4-10-19-16)21(18)12-13-6-5-11-23-13/h1-4,7-10,13,17,20H,5-6,11-12H2/t13-,17+/m0/s1. The molecule has 0 spiro atoms. The van der Waals surface area contributed by atoms with Crippen LogP contribution in [-0.2, 0) is 4.74 Å². The zero-order valence-corrected chi connectivity index (χ0v) is 12.8. The summed E-state index contributed by atoms with van der Waals surface area (Å²) in [4.78, 5) is 19.3. The third kappa shape index (κ3) is 2.68. The SMILES string of the molecule is O=C1c2ccccc2N[C@@H](c2ccccn2)N1C[C@@H]1CCCO1. The Hall–Kier alpha value is -2.40. The highest BCUT2D eigenvalue weighted by molar-refractivity contribution is 6.01. The van der Waals surface area contributed by atoms with E-state index in [1.807, 2.05) is 47.4 Å². The van der Waals surface area contributed by atoms with Gasteiger partial charge in [-0.25, -0.2) is 0 Å². The molecule has 23 heavy (non-hydrogen) atoms. The lowest BCUT2D eigenvalue weighted by molar-refractivity contribution is 0.0422. The normalized spacial score (nSPS) is 23.5. The van der Waals surface area contributed by atoms with E-state index >= 15 is 0 Å². The molecule has 0 saturated carbocycles. The summed E-state index contributed by atoms with van der Waals surface area (Å²) in [6.07, 6.45) is 3.66. The Balaban J connectivity index is 1.70. The third-order valence-electron chi connectivity index (χ3n) is 4.41. The van der Waals surface area contributed by atoms with Crippen molar-refractivity contribution in [2.75, 3.05) is 18.5 Å². The second kappa shape index (κ2) is 6.01. The van der Waals surface area contributed by atoms with E-state index < -0.39 is 0 Å². The van der Waals surface area contributed by atoms with Crippen molar-refractivity contribution in [2.45, 2.75) is 25.1 Å². The maximum atomic E-state index is 13.0. The van der Waals surface area contributed by atoms with Crippen LogP contribution in [0.25, 0.3) is 0 Å². The number of pyridine rings is 1. The van der Waals surface area contributed by atoms with Crippen LogP contribution in [0, 0.1) is 0 Å². The first-order valence-corrected chi connectivity index (χ1v) is 8.02. The Morgan fingerprint density at radius 2 is 2.09 bits per heavy atom. The van der Waals surface area contributed by atoms with Crippen LogP contribution >= 0.6 is 0 Å². The summed E-state index contributed by atoms with van der Waals surface area (Å²) < 4.78 is 5.73. The molecule has 1 N–H and O–H groups in total. The van der Waals surface area contributed by atoms with E-state index in [2.05, 4.69) is 10.3 Å². The predicted octanol–water partition coefficient (Wildman–Crippen LogP) is 2.83. The van der Waals surface area contributed by atoms with Gasteiger partial charge in [-0.1, -0.05) is 18.2 Å². The van der Waals surface area contributed by atoms with Crippen molar-refractivity contribution >= 4 is 11.6 Å². The number of anilines is 1. The van der Waals surface area contributed by atoms with Crippen LogP contribution in [0.4, 0.5) is 5.69 Å². The number of benzene rings is 1. The summed E-state index contributed by atoms with van der Waals surface area (Å²) in [6, 6.07) is 13.4. The molecule has 2 atom stereocenters. The first-order valence-electron chi connectivity index (χ1n) is 8.02.